The zero-order valence-electron chi connectivity index (χ0n) is 5.57. The number of alkyl halides is 2. The second kappa shape index (κ2) is 2.78. The van der Waals surface area contributed by atoms with E-state index in [1.54, 1.807) is 13.0 Å². The van der Waals surface area contributed by atoms with Crippen LogP contribution in [0.25, 0.3) is 0 Å². The number of hydrogen-bond acceptors (Lipinski definition) is 0. The van der Waals surface area contributed by atoms with Gasteiger partial charge in [0.15, 0.2) is 0 Å². The van der Waals surface area contributed by atoms with Gasteiger partial charge in [-0.05, 0) is 18.6 Å². The molecular formula is C8H7F2. The van der Waals surface area contributed by atoms with Gasteiger partial charge >= 0.3 is 0 Å². The van der Waals surface area contributed by atoms with E-state index in [1.165, 1.54) is 12.1 Å². The van der Waals surface area contributed by atoms with Crippen LogP contribution < -0.4 is 0 Å². The van der Waals surface area contributed by atoms with Crippen molar-refractivity contribution in [1.29, 1.82) is 0 Å². The van der Waals surface area contributed by atoms with Gasteiger partial charge in [-0.2, -0.15) is 0 Å². The lowest BCUT2D eigenvalue weighted by atomic mass is 10.1. The smallest absolute Gasteiger partial charge is 0.205 e. The van der Waals surface area contributed by atoms with E-state index in [2.05, 4.69) is 6.07 Å². The molecule has 0 nitrogen and oxygen atoms in total. The van der Waals surface area contributed by atoms with Gasteiger partial charge < -0.3 is 0 Å². The van der Waals surface area contributed by atoms with Gasteiger partial charge in [-0.25, -0.2) is 8.78 Å². The van der Waals surface area contributed by atoms with E-state index in [9.17, 15) is 8.78 Å². The predicted octanol–water partition coefficient (Wildman–Crippen LogP) is 2.73. The summed E-state index contributed by atoms with van der Waals surface area (Å²) in [5, 5.41) is 0. The Morgan fingerprint density at radius 2 is 2.20 bits per heavy atom. The molecule has 2 heteroatoms. The van der Waals surface area contributed by atoms with Crippen molar-refractivity contribution in [1.82, 2.24) is 0 Å². The van der Waals surface area contributed by atoms with Crippen LogP contribution in [0.3, 0.4) is 0 Å². The van der Waals surface area contributed by atoms with Gasteiger partial charge in [0.2, 0.25) is 0 Å². The van der Waals surface area contributed by atoms with E-state index in [1.807, 2.05) is 0 Å². The summed E-state index contributed by atoms with van der Waals surface area (Å²) in [6.45, 7) is 1.65. The lowest BCUT2D eigenvalue weighted by molar-refractivity contribution is 0.150. The fourth-order valence-electron chi connectivity index (χ4n) is 0.771. The molecule has 0 heterocycles. The minimum Gasteiger partial charge on any atom is -0.205 e. The van der Waals surface area contributed by atoms with Crippen molar-refractivity contribution >= 4 is 0 Å². The molecular weight excluding hydrogens is 134 g/mol. The lowest BCUT2D eigenvalue weighted by Crippen LogP contribution is -1.87. The third-order valence-corrected chi connectivity index (χ3v) is 1.35. The molecule has 0 spiro atoms. The molecule has 0 aromatic heterocycles. The van der Waals surface area contributed by atoms with Crippen molar-refractivity contribution in [2.45, 2.75) is 13.3 Å². The molecule has 1 aromatic rings. The highest BCUT2D eigenvalue weighted by molar-refractivity contribution is 5.25. The number of benzene rings is 1. The first-order chi connectivity index (χ1) is 4.72. The fourth-order valence-corrected chi connectivity index (χ4v) is 0.771. The molecule has 1 aromatic carbocycles. The van der Waals surface area contributed by atoms with Crippen LogP contribution in [0.15, 0.2) is 18.2 Å². The Labute approximate surface area is 58.5 Å². The molecule has 10 heavy (non-hydrogen) atoms. The highest BCUT2D eigenvalue weighted by atomic mass is 19.3. The minimum absolute atomic E-state index is 0.0961. The first-order valence-corrected chi connectivity index (χ1v) is 2.96. The second-order valence-electron chi connectivity index (χ2n) is 2.08. The van der Waals surface area contributed by atoms with Crippen LogP contribution in [0, 0.1) is 13.0 Å². The van der Waals surface area contributed by atoms with E-state index in [0.29, 0.717) is 5.56 Å². The third kappa shape index (κ3) is 1.32. The molecule has 0 aliphatic rings. The standard InChI is InChI=1S/C8H7F2/c1-6-4-2-3-5-7(6)8(9)10/h3-5,8H,1H3. The number of aryl methyl sites for hydroxylation is 1. The summed E-state index contributed by atoms with van der Waals surface area (Å²) in [5.41, 5.74) is 0.691. The Morgan fingerprint density at radius 1 is 1.50 bits per heavy atom. The maximum Gasteiger partial charge on any atom is 0.264 e. The molecule has 0 unspecified atom stereocenters. The second-order valence-corrected chi connectivity index (χ2v) is 2.08. The molecule has 0 saturated carbocycles. The van der Waals surface area contributed by atoms with E-state index in [4.69, 9.17) is 0 Å². The van der Waals surface area contributed by atoms with Crippen molar-refractivity contribution < 1.29 is 8.78 Å². The Balaban J connectivity index is 3.03. The molecule has 1 rings (SSSR count). The number of hydrogen-bond donors (Lipinski definition) is 0. The Bertz CT molecular complexity index is 218. The molecule has 1 radical (unpaired) electrons. The van der Waals surface area contributed by atoms with Crippen LogP contribution in [0.1, 0.15) is 17.6 Å². The van der Waals surface area contributed by atoms with Gasteiger partial charge in [-0.1, -0.05) is 18.2 Å². The molecule has 0 bridgehead atoms. The van der Waals surface area contributed by atoms with Crippen molar-refractivity contribution in [3.63, 3.8) is 0 Å². The number of rotatable bonds is 1. The van der Waals surface area contributed by atoms with Crippen LogP contribution in [0.4, 0.5) is 8.78 Å². The van der Waals surface area contributed by atoms with Crippen molar-refractivity contribution in [3.8, 4) is 0 Å². The summed E-state index contributed by atoms with van der Waals surface area (Å²) >= 11 is 0. The van der Waals surface area contributed by atoms with E-state index < -0.39 is 6.43 Å². The summed E-state index contributed by atoms with van der Waals surface area (Å²) in [5.74, 6) is 0. The first-order valence-electron chi connectivity index (χ1n) is 2.96. The van der Waals surface area contributed by atoms with Crippen LogP contribution in [-0.4, -0.2) is 0 Å². The zero-order chi connectivity index (χ0) is 7.56. The largest absolute Gasteiger partial charge is 0.264 e. The van der Waals surface area contributed by atoms with Crippen LogP contribution in [-0.2, 0) is 0 Å². The molecule has 0 atom stereocenters. The topological polar surface area (TPSA) is 0 Å². The van der Waals surface area contributed by atoms with Crippen molar-refractivity contribution in [3.05, 3.63) is 35.4 Å². The lowest BCUT2D eigenvalue weighted by Gasteiger charge is -2.01. The molecule has 0 fully saturated rings. The highest BCUT2D eigenvalue weighted by Gasteiger charge is 2.07. The summed E-state index contributed by atoms with van der Waals surface area (Å²) in [7, 11) is 0. The average Bonchev–Trinajstić information content (AvgIpc) is 1.88. The molecule has 0 N–H and O–H groups in total. The monoisotopic (exact) mass is 141 g/mol. The quantitative estimate of drug-likeness (QED) is 0.564. The molecule has 0 saturated heterocycles. The van der Waals surface area contributed by atoms with Crippen molar-refractivity contribution in [2.75, 3.05) is 0 Å². The fraction of sp³-hybridized carbons (Fsp3) is 0.250. The Morgan fingerprint density at radius 3 is 2.60 bits per heavy atom. The first kappa shape index (κ1) is 7.19. The van der Waals surface area contributed by atoms with Gasteiger partial charge in [0.05, 0.1) is 0 Å². The SMILES string of the molecule is Cc1c[c]ccc1C(F)F. The summed E-state index contributed by atoms with van der Waals surface area (Å²) in [6.07, 6.45) is -2.37. The average molecular weight is 141 g/mol. The maximum absolute atomic E-state index is 12.0. The van der Waals surface area contributed by atoms with E-state index >= 15 is 0 Å². The van der Waals surface area contributed by atoms with Crippen LogP contribution in [0.2, 0.25) is 0 Å². The summed E-state index contributed by atoms with van der Waals surface area (Å²) in [6, 6.07) is 7.16. The Hall–Kier alpha value is -0.920. The Kier molecular flexibility index (Phi) is 2.00. The third-order valence-electron chi connectivity index (χ3n) is 1.35. The minimum atomic E-state index is -2.37. The normalized spacial score (nSPS) is 10.4. The summed E-state index contributed by atoms with van der Waals surface area (Å²) < 4.78 is 24.0. The van der Waals surface area contributed by atoms with Crippen molar-refractivity contribution in [2.24, 2.45) is 0 Å². The van der Waals surface area contributed by atoms with Crippen LogP contribution >= 0.6 is 0 Å². The zero-order valence-corrected chi connectivity index (χ0v) is 5.57. The number of halogens is 2. The highest BCUT2D eigenvalue weighted by Crippen LogP contribution is 2.20. The van der Waals surface area contributed by atoms with E-state index in [0.717, 1.165) is 0 Å². The van der Waals surface area contributed by atoms with E-state index in [-0.39, 0.29) is 5.56 Å². The summed E-state index contributed by atoms with van der Waals surface area (Å²) in [4.78, 5) is 0. The molecule has 53 valence electrons. The van der Waals surface area contributed by atoms with Gasteiger partial charge in [0.1, 0.15) is 0 Å². The van der Waals surface area contributed by atoms with Gasteiger partial charge in [-0.3, -0.25) is 0 Å². The predicted molar refractivity (Wildman–Crippen MR) is 35.0 cm³/mol. The van der Waals surface area contributed by atoms with Gasteiger partial charge in [-0.15, -0.1) is 0 Å². The van der Waals surface area contributed by atoms with Gasteiger partial charge in [0.25, 0.3) is 6.43 Å². The van der Waals surface area contributed by atoms with Gasteiger partial charge in [0, 0.05) is 5.56 Å². The maximum atomic E-state index is 12.0. The van der Waals surface area contributed by atoms with Crippen LogP contribution in [0.5, 0.6) is 0 Å². The molecule has 0 amide bonds. The molecule has 0 aliphatic heterocycles. The molecule has 0 aliphatic carbocycles.